The van der Waals surface area contributed by atoms with Crippen LogP contribution in [0.15, 0.2) is 5.16 Å². The summed E-state index contributed by atoms with van der Waals surface area (Å²) >= 11 is 0. The largest absolute Gasteiger partial charge is 0.394 e. The van der Waals surface area contributed by atoms with Gasteiger partial charge in [-0.3, -0.25) is 0 Å². The van der Waals surface area contributed by atoms with Crippen LogP contribution in [0.3, 0.4) is 0 Å². The van der Waals surface area contributed by atoms with Crippen LogP contribution in [0, 0.1) is 17.8 Å². The van der Waals surface area contributed by atoms with E-state index < -0.39 is 0 Å². The number of oxime groups is 1. The molecule has 62 valence electrons. The van der Waals surface area contributed by atoms with Crippen LogP contribution >= 0.6 is 0 Å². The Hall–Kier alpha value is -0.970. The molecule has 0 aliphatic rings. The summed E-state index contributed by atoms with van der Waals surface area (Å²) in [4.78, 5) is 5.00. The summed E-state index contributed by atoms with van der Waals surface area (Å²) in [5.74, 6) is 2.62. The molecule has 0 unspecified atom stereocenters. The molecule has 0 bridgehead atoms. The summed E-state index contributed by atoms with van der Waals surface area (Å²) in [6.07, 6.45) is 5.24. The average Bonchev–Trinajstić information content (AvgIpc) is 1.87. The van der Waals surface area contributed by atoms with Crippen LogP contribution in [0.1, 0.15) is 27.7 Å². The van der Waals surface area contributed by atoms with Crippen LogP contribution in [0.25, 0.3) is 0 Å². The monoisotopic (exact) mass is 153 g/mol. The normalized spacial score (nSPS) is 10.1. The molecule has 0 heterocycles. The van der Waals surface area contributed by atoms with Gasteiger partial charge in [-0.25, -0.2) is 0 Å². The van der Waals surface area contributed by atoms with Gasteiger partial charge >= 0.3 is 0 Å². The Bertz CT molecular complexity index is 182. The molecule has 0 spiro atoms. The van der Waals surface area contributed by atoms with Crippen LogP contribution in [-0.4, -0.2) is 12.3 Å². The lowest BCUT2D eigenvalue weighted by molar-refractivity contribution is 0.0940. The van der Waals surface area contributed by atoms with E-state index in [1.807, 2.05) is 27.7 Å². The van der Waals surface area contributed by atoms with Gasteiger partial charge in [0, 0.05) is 0 Å². The van der Waals surface area contributed by atoms with Gasteiger partial charge in [-0.15, -0.1) is 6.42 Å². The topological polar surface area (TPSA) is 21.6 Å². The van der Waals surface area contributed by atoms with Crippen molar-refractivity contribution in [2.45, 2.75) is 27.7 Å². The molecule has 0 aromatic heterocycles. The molecule has 0 atom stereocenters. The first-order chi connectivity index (χ1) is 4.98. The third-order valence-corrected chi connectivity index (χ3v) is 1.06. The Balaban J connectivity index is 3.74. The second kappa shape index (κ2) is 4.02. The lowest BCUT2D eigenvalue weighted by atomic mass is 9.97. The highest BCUT2D eigenvalue weighted by Crippen LogP contribution is 2.12. The maximum atomic E-state index is 5.24. The number of nitrogens with zero attached hydrogens (tertiary/aromatic N) is 1. The fourth-order valence-electron chi connectivity index (χ4n) is 0.364. The molecule has 0 saturated heterocycles. The highest BCUT2D eigenvalue weighted by Gasteiger charge is 2.14. The van der Waals surface area contributed by atoms with E-state index in [0.717, 1.165) is 5.71 Å². The van der Waals surface area contributed by atoms with Crippen molar-refractivity contribution < 1.29 is 4.84 Å². The van der Waals surface area contributed by atoms with Gasteiger partial charge in [0.05, 0.1) is 11.1 Å². The molecular formula is C9H15NO. The molecule has 0 aliphatic carbocycles. The zero-order valence-corrected chi connectivity index (χ0v) is 7.64. The summed E-state index contributed by atoms with van der Waals surface area (Å²) in [5.41, 5.74) is 0.677. The molecule has 11 heavy (non-hydrogen) atoms. The molecule has 0 aromatic rings. The third-order valence-electron chi connectivity index (χ3n) is 1.06. The maximum absolute atomic E-state index is 5.24. The van der Waals surface area contributed by atoms with Gasteiger partial charge in [0.15, 0.2) is 0 Å². The van der Waals surface area contributed by atoms with Gasteiger partial charge in [0.25, 0.3) is 0 Å². The number of rotatable bonds is 3. The number of terminal acetylenes is 1. The first-order valence-electron chi connectivity index (χ1n) is 3.59. The van der Waals surface area contributed by atoms with E-state index in [0.29, 0.717) is 6.61 Å². The Kier molecular flexibility index (Phi) is 3.67. The Morgan fingerprint density at radius 3 is 2.45 bits per heavy atom. The molecule has 0 saturated carbocycles. The first kappa shape index (κ1) is 10.0. The van der Waals surface area contributed by atoms with Crippen molar-refractivity contribution in [2.75, 3.05) is 6.61 Å². The van der Waals surface area contributed by atoms with Crippen LogP contribution in [0.4, 0.5) is 0 Å². The van der Waals surface area contributed by atoms with E-state index >= 15 is 0 Å². The third kappa shape index (κ3) is 5.47. The summed E-state index contributed by atoms with van der Waals surface area (Å²) < 4.78 is 0. The van der Waals surface area contributed by atoms with Crippen LogP contribution < -0.4 is 0 Å². The van der Waals surface area contributed by atoms with Crippen molar-refractivity contribution in [3.8, 4) is 12.3 Å². The molecule has 0 aromatic carbocycles. The molecule has 0 fully saturated rings. The standard InChI is InChI=1S/C9H15NO/c1-6-9(4,5)7-11-10-8(2)3/h1H,7H2,2-5H3. The second-order valence-corrected chi connectivity index (χ2v) is 3.34. The Morgan fingerprint density at radius 2 is 2.09 bits per heavy atom. The van der Waals surface area contributed by atoms with E-state index in [1.54, 1.807) is 0 Å². The Labute approximate surface area is 68.6 Å². The van der Waals surface area contributed by atoms with Gasteiger partial charge in [-0.2, -0.15) is 0 Å². The SMILES string of the molecule is C#CC(C)(C)CON=C(C)C. The summed E-state index contributed by atoms with van der Waals surface area (Å²) in [6.45, 7) is 8.10. The minimum absolute atomic E-state index is 0.223. The van der Waals surface area contributed by atoms with E-state index in [2.05, 4.69) is 11.1 Å². The zero-order chi connectivity index (χ0) is 8.91. The maximum Gasteiger partial charge on any atom is 0.133 e. The van der Waals surface area contributed by atoms with E-state index in [4.69, 9.17) is 11.3 Å². The van der Waals surface area contributed by atoms with Crippen LogP contribution in [-0.2, 0) is 4.84 Å². The van der Waals surface area contributed by atoms with Gasteiger partial charge in [-0.1, -0.05) is 11.1 Å². The summed E-state index contributed by atoms with van der Waals surface area (Å²) in [6, 6.07) is 0. The van der Waals surface area contributed by atoms with Crippen LogP contribution in [0.2, 0.25) is 0 Å². The molecule has 0 N–H and O–H groups in total. The van der Waals surface area contributed by atoms with Gasteiger partial charge in [-0.05, 0) is 27.7 Å². The molecule has 0 amide bonds. The lowest BCUT2D eigenvalue weighted by Crippen LogP contribution is -2.15. The Morgan fingerprint density at radius 1 is 1.55 bits per heavy atom. The highest BCUT2D eigenvalue weighted by molar-refractivity contribution is 5.78. The molecule has 2 heteroatoms. The molecule has 0 radical (unpaired) electrons. The lowest BCUT2D eigenvalue weighted by Gasteiger charge is -2.14. The van der Waals surface area contributed by atoms with Crippen molar-refractivity contribution in [3.63, 3.8) is 0 Å². The predicted octanol–water partition coefficient (Wildman–Crippen LogP) is 2.06. The molecule has 0 aliphatic heterocycles. The zero-order valence-electron chi connectivity index (χ0n) is 7.64. The fourth-order valence-corrected chi connectivity index (χ4v) is 0.364. The van der Waals surface area contributed by atoms with Crippen molar-refractivity contribution in [3.05, 3.63) is 0 Å². The van der Waals surface area contributed by atoms with Crippen molar-refractivity contribution in [1.82, 2.24) is 0 Å². The first-order valence-corrected chi connectivity index (χ1v) is 3.59. The average molecular weight is 153 g/mol. The van der Waals surface area contributed by atoms with E-state index in [9.17, 15) is 0 Å². The van der Waals surface area contributed by atoms with Crippen molar-refractivity contribution in [1.29, 1.82) is 0 Å². The molecule has 0 rings (SSSR count). The molecular weight excluding hydrogens is 138 g/mol. The van der Waals surface area contributed by atoms with Gasteiger partial charge in [0.2, 0.25) is 0 Å². The van der Waals surface area contributed by atoms with Crippen molar-refractivity contribution in [2.24, 2.45) is 10.6 Å². The summed E-state index contributed by atoms with van der Waals surface area (Å²) in [7, 11) is 0. The smallest absolute Gasteiger partial charge is 0.133 e. The highest BCUT2D eigenvalue weighted by atomic mass is 16.6. The van der Waals surface area contributed by atoms with E-state index in [1.165, 1.54) is 0 Å². The van der Waals surface area contributed by atoms with Gasteiger partial charge in [0.1, 0.15) is 6.61 Å². The quantitative estimate of drug-likeness (QED) is 0.345. The number of hydrogen-bond donors (Lipinski definition) is 0. The van der Waals surface area contributed by atoms with E-state index in [-0.39, 0.29) is 5.41 Å². The minimum Gasteiger partial charge on any atom is -0.394 e. The molecule has 2 nitrogen and oxygen atoms in total. The fraction of sp³-hybridized carbons (Fsp3) is 0.667. The minimum atomic E-state index is -0.223. The van der Waals surface area contributed by atoms with Crippen LogP contribution in [0.5, 0.6) is 0 Å². The number of hydrogen-bond acceptors (Lipinski definition) is 2. The second-order valence-electron chi connectivity index (χ2n) is 3.34. The van der Waals surface area contributed by atoms with Crippen molar-refractivity contribution >= 4 is 5.71 Å². The predicted molar refractivity (Wildman–Crippen MR) is 47.3 cm³/mol. The van der Waals surface area contributed by atoms with Gasteiger partial charge < -0.3 is 4.84 Å². The summed E-state index contributed by atoms with van der Waals surface area (Å²) in [5, 5.41) is 3.78.